The molecule has 6 nitrogen and oxygen atoms in total. The van der Waals surface area contributed by atoms with Gasteiger partial charge in [-0.05, 0) is 55.2 Å². The highest BCUT2D eigenvalue weighted by molar-refractivity contribution is 5.86. The number of imidazole rings is 1. The number of nitrogens with zero attached hydrogens (tertiary/aromatic N) is 2. The van der Waals surface area contributed by atoms with Crippen molar-refractivity contribution in [3.8, 4) is 11.5 Å². The lowest BCUT2D eigenvalue weighted by Gasteiger charge is -2.13. The number of amides is 1. The number of methoxy groups -OCH3 is 1. The van der Waals surface area contributed by atoms with Gasteiger partial charge in [-0.3, -0.25) is 4.79 Å². The smallest absolute Gasteiger partial charge is 0.243 e. The van der Waals surface area contributed by atoms with Crippen molar-refractivity contribution in [2.75, 3.05) is 13.7 Å². The monoisotopic (exact) mass is 419 g/mol. The van der Waals surface area contributed by atoms with E-state index in [2.05, 4.69) is 28.0 Å². The predicted molar refractivity (Wildman–Crippen MR) is 123 cm³/mol. The number of carbonyl (C=O) groups is 1. The van der Waals surface area contributed by atoms with Gasteiger partial charge in [0.25, 0.3) is 0 Å². The Bertz CT molecular complexity index is 1060. The summed E-state index contributed by atoms with van der Waals surface area (Å²) in [6.45, 7) is 9.01. The average Bonchev–Trinajstić information content (AvgIpc) is 3.15. The van der Waals surface area contributed by atoms with Crippen molar-refractivity contribution in [3.63, 3.8) is 0 Å². The summed E-state index contributed by atoms with van der Waals surface area (Å²) < 4.78 is 13.6. The summed E-state index contributed by atoms with van der Waals surface area (Å²) in [6, 6.07) is 14.0. The molecule has 1 heterocycles. The molecule has 0 unspecified atom stereocenters. The van der Waals surface area contributed by atoms with Crippen LogP contribution >= 0.6 is 0 Å². The Morgan fingerprint density at radius 1 is 1.16 bits per heavy atom. The van der Waals surface area contributed by atoms with E-state index in [1.165, 1.54) is 6.08 Å². The molecule has 0 spiro atoms. The molecule has 1 N–H and O–H groups in total. The minimum absolute atomic E-state index is 0.208. The number of nitrogens with one attached hydrogen (secondary N) is 1. The van der Waals surface area contributed by atoms with Crippen LogP contribution in [-0.2, 0) is 24.3 Å². The second kappa shape index (κ2) is 11.0. The fourth-order valence-corrected chi connectivity index (χ4v) is 3.43. The molecular formula is C25H29N3O3. The van der Waals surface area contributed by atoms with Crippen LogP contribution in [0.2, 0.25) is 0 Å². The first-order chi connectivity index (χ1) is 15.2. The van der Waals surface area contributed by atoms with E-state index < -0.39 is 0 Å². The molecular weight excluding hydrogens is 390 g/mol. The van der Waals surface area contributed by atoms with Gasteiger partial charge in [-0.15, -0.1) is 6.58 Å². The van der Waals surface area contributed by atoms with Gasteiger partial charge in [0.1, 0.15) is 5.82 Å². The molecule has 0 saturated heterocycles. The summed E-state index contributed by atoms with van der Waals surface area (Å²) in [5, 5.41) is 2.81. The Morgan fingerprint density at radius 3 is 2.77 bits per heavy atom. The predicted octanol–water partition coefficient (Wildman–Crippen LogP) is 4.43. The van der Waals surface area contributed by atoms with E-state index in [0.29, 0.717) is 13.2 Å². The number of aryl methyl sites for hydroxylation is 1. The van der Waals surface area contributed by atoms with Gasteiger partial charge in [-0.1, -0.05) is 30.9 Å². The van der Waals surface area contributed by atoms with Crippen LogP contribution in [-0.4, -0.2) is 29.2 Å². The molecule has 0 aliphatic carbocycles. The fourth-order valence-electron chi connectivity index (χ4n) is 3.43. The highest BCUT2D eigenvalue weighted by atomic mass is 16.5. The van der Waals surface area contributed by atoms with E-state index in [1.54, 1.807) is 7.11 Å². The van der Waals surface area contributed by atoms with Crippen LogP contribution in [0.1, 0.15) is 24.2 Å². The summed E-state index contributed by atoms with van der Waals surface area (Å²) in [5.74, 6) is 2.10. The van der Waals surface area contributed by atoms with Gasteiger partial charge in [-0.25, -0.2) is 4.98 Å². The van der Waals surface area contributed by atoms with Gasteiger partial charge in [0.2, 0.25) is 5.91 Å². The number of ether oxygens (including phenoxy) is 2. The Morgan fingerprint density at radius 2 is 2.00 bits per heavy atom. The Labute approximate surface area is 183 Å². The van der Waals surface area contributed by atoms with Gasteiger partial charge < -0.3 is 19.4 Å². The van der Waals surface area contributed by atoms with Crippen molar-refractivity contribution in [1.29, 1.82) is 0 Å². The molecule has 162 valence electrons. The van der Waals surface area contributed by atoms with Crippen molar-refractivity contribution in [2.24, 2.45) is 0 Å². The van der Waals surface area contributed by atoms with E-state index in [1.807, 2.05) is 48.5 Å². The number of rotatable bonds is 12. The first-order valence-corrected chi connectivity index (χ1v) is 10.4. The van der Waals surface area contributed by atoms with E-state index in [0.717, 1.165) is 59.7 Å². The zero-order chi connectivity index (χ0) is 22.1. The molecule has 2 aromatic carbocycles. The molecule has 0 radical (unpaired) electrons. The number of para-hydroxylation sites is 2. The Hall–Kier alpha value is -3.54. The number of fused-ring (bicyclic) bond motifs is 1. The van der Waals surface area contributed by atoms with Crippen molar-refractivity contribution in [1.82, 2.24) is 14.9 Å². The van der Waals surface area contributed by atoms with Crippen molar-refractivity contribution in [3.05, 3.63) is 79.2 Å². The van der Waals surface area contributed by atoms with Crippen LogP contribution in [0.3, 0.4) is 0 Å². The van der Waals surface area contributed by atoms with Crippen molar-refractivity contribution >= 4 is 16.9 Å². The van der Waals surface area contributed by atoms with Crippen LogP contribution in [0.25, 0.3) is 11.0 Å². The third-order valence-electron chi connectivity index (χ3n) is 4.98. The number of hydrogen-bond donors (Lipinski definition) is 1. The SMILES string of the molecule is C=CCc1ccc(OCCCCn2c(CNC(=O)C=C)nc3ccccc32)c(OC)c1. The molecule has 0 atom stereocenters. The maximum atomic E-state index is 11.6. The second-order valence-electron chi connectivity index (χ2n) is 7.12. The molecule has 31 heavy (non-hydrogen) atoms. The highest BCUT2D eigenvalue weighted by Crippen LogP contribution is 2.28. The van der Waals surface area contributed by atoms with E-state index in [4.69, 9.17) is 9.47 Å². The third kappa shape index (κ3) is 5.75. The minimum Gasteiger partial charge on any atom is -0.493 e. The highest BCUT2D eigenvalue weighted by Gasteiger charge is 2.11. The number of allylic oxidation sites excluding steroid dienone is 1. The zero-order valence-electron chi connectivity index (χ0n) is 18.0. The third-order valence-corrected chi connectivity index (χ3v) is 4.98. The zero-order valence-corrected chi connectivity index (χ0v) is 18.0. The second-order valence-corrected chi connectivity index (χ2v) is 7.12. The molecule has 1 amide bonds. The van der Waals surface area contributed by atoms with E-state index >= 15 is 0 Å². The summed E-state index contributed by atoms with van der Waals surface area (Å²) >= 11 is 0. The fraction of sp³-hybridized carbons (Fsp3) is 0.280. The molecule has 3 rings (SSSR count). The lowest BCUT2D eigenvalue weighted by molar-refractivity contribution is -0.116. The first-order valence-electron chi connectivity index (χ1n) is 10.4. The Balaban J connectivity index is 1.58. The summed E-state index contributed by atoms with van der Waals surface area (Å²) in [7, 11) is 1.65. The number of benzene rings is 2. The number of aromatic nitrogens is 2. The maximum absolute atomic E-state index is 11.6. The van der Waals surface area contributed by atoms with Crippen molar-refractivity contribution in [2.45, 2.75) is 32.4 Å². The van der Waals surface area contributed by atoms with Crippen LogP contribution in [0.4, 0.5) is 0 Å². The number of carbonyl (C=O) groups excluding carboxylic acids is 1. The summed E-state index contributed by atoms with van der Waals surface area (Å²) in [4.78, 5) is 16.2. The lowest BCUT2D eigenvalue weighted by atomic mass is 10.1. The van der Waals surface area contributed by atoms with Gasteiger partial charge in [0, 0.05) is 6.54 Å². The molecule has 1 aromatic heterocycles. The first kappa shape index (κ1) is 22.2. The molecule has 6 heteroatoms. The van der Waals surface area contributed by atoms with Gasteiger partial charge in [0.15, 0.2) is 11.5 Å². The van der Waals surface area contributed by atoms with E-state index in [9.17, 15) is 4.79 Å². The lowest BCUT2D eigenvalue weighted by Crippen LogP contribution is -2.22. The average molecular weight is 420 g/mol. The van der Waals surface area contributed by atoms with Crippen LogP contribution < -0.4 is 14.8 Å². The largest absolute Gasteiger partial charge is 0.493 e. The summed E-state index contributed by atoms with van der Waals surface area (Å²) in [5.41, 5.74) is 3.12. The van der Waals surface area contributed by atoms with Crippen LogP contribution in [0.15, 0.2) is 67.8 Å². The number of hydrogen-bond acceptors (Lipinski definition) is 4. The molecule has 0 fully saturated rings. The van der Waals surface area contributed by atoms with Crippen molar-refractivity contribution < 1.29 is 14.3 Å². The minimum atomic E-state index is -0.208. The standard InChI is InChI=1S/C25H29N3O3/c1-4-10-19-13-14-22(23(17-19)30-3)31-16-9-8-15-28-21-12-7-6-11-20(21)27-24(28)18-26-25(29)5-2/h4-7,11-14,17H,1-2,8-10,15-16,18H2,3H3,(H,26,29). The topological polar surface area (TPSA) is 65.4 Å². The summed E-state index contributed by atoms with van der Waals surface area (Å²) in [6.07, 6.45) is 5.72. The van der Waals surface area contributed by atoms with Gasteiger partial charge in [0.05, 0.1) is 31.3 Å². The quantitative estimate of drug-likeness (QED) is 0.268. The van der Waals surface area contributed by atoms with Crippen LogP contribution in [0.5, 0.6) is 11.5 Å². The normalized spacial score (nSPS) is 10.6. The molecule has 3 aromatic rings. The van der Waals surface area contributed by atoms with Crippen LogP contribution in [0, 0.1) is 0 Å². The molecule has 0 bridgehead atoms. The molecule has 0 aliphatic rings. The maximum Gasteiger partial charge on any atom is 0.243 e. The van der Waals surface area contributed by atoms with E-state index in [-0.39, 0.29) is 5.91 Å². The number of unbranched alkanes of at least 4 members (excludes halogenated alkanes) is 1. The molecule has 0 saturated carbocycles. The molecule has 0 aliphatic heterocycles. The Kier molecular flexibility index (Phi) is 7.87. The van der Waals surface area contributed by atoms with Gasteiger partial charge in [-0.2, -0.15) is 0 Å². The van der Waals surface area contributed by atoms with Gasteiger partial charge >= 0.3 is 0 Å².